The monoisotopic (exact) mass is 217 g/mol. The van der Waals surface area contributed by atoms with Gasteiger partial charge in [-0.3, -0.25) is 4.79 Å². The van der Waals surface area contributed by atoms with E-state index < -0.39 is 0 Å². The highest BCUT2D eigenvalue weighted by molar-refractivity contribution is 5.74. The molecule has 82 valence electrons. The van der Waals surface area contributed by atoms with Crippen molar-refractivity contribution >= 4 is 11.9 Å². The molecule has 0 radical (unpaired) electrons. The minimum atomic E-state index is 0.291. The number of rotatable bonds is 2. The molecular weight excluding hydrogens is 206 g/mol. The van der Waals surface area contributed by atoms with Crippen LogP contribution in [0.4, 0.5) is 0 Å². The van der Waals surface area contributed by atoms with Gasteiger partial charge in [-0.05, 0) is 18.6 Å². The fourth-order valence-electron chi connectivity index (χ4n) is 1.90. The van der Waals surface area contributed by atoms with Gasteiger partial charge in [0, 0.05) is 24.3 Å². The molecule has 1 unspecified atom stereocenters. The van der Waals surface area contributed by atoms with E-state index in [0.717, 1.165) is 30.8 Å². The van der Waals surface area contributed by atoms with E-state index in [-0.39, 0.29) is 0 Å². The van der Waals surface area contributed by atoms with Crippen LogP contribution in [-0.2, 0) is 4.74 Å². The van der Waals surface area contributed by atoms with Crippen LogP contribution in [0.5, 0.6) is 0 Å². The van der Waals surface area contributed by atoms with Crippen molar-refractivity contribution in [2.75, 3.05) is 13.2 Å². The maximum atomic E-state index is 10.6. The van der Waals surface area contributed by atoms with Gasteiger partial charge in [-0.2, -0.15) is 5.10 Å². The van der Waals surface area contributed by atoms with Crippen molar-refractivity contribution in [3.63, 3.8) is 0 Å². The molecule has 0 bridgehead atoms. The number of carbonyl (C=O) groups is 1. The highest BCUT2D eigenvalue weighted by Crippen LogP contribution is 2.22. The van der Waals surface area contributed by atoms with E-state index in [1.165, 1.54) is 0 Å². The quantitative estimate of drug-likeness (QED) is 0.705. The van der Waals surface area contributed by atoms with Crippen LogP contribution in [0.3, 0.4) is 0 Å². The molecule has 0 N–H and O–H groups in total. The Labute approximate surface area is 92.1 Å². The summed E-state index contributed by atoms with van der Waals surface area (Å²) >= 11 is 0. The number of aldehydes is 1. The molecule has 2 aromatic heterocycles. The number of ether oxygens (including phenoxy) is 1. The van der Waals surface area contributed by atoms with Gasteiger partial charge in [-0.1, -0.05) is 0 Å². The van der Waals surface area contributed by atoms with Gasteiger partial charge < -0.3 is 4.74 Å². The minimum Gasteiger partial charge on any atom is -0.381 e. The lowest BCUT2D eigenvalue weighted by Crippen LogP contribution is -2.00. The molecule has 3 rings (SSSR count). The summed E-state index contributed by atoms with van der Waals surface area (Å²) in [4.78, 5) is 15.1. The summed E-state index contributed by atoms with van der Waals surface area (Å²) in [7, 11) is 0. The first-order chi connectivity index (χ1) is 7.86. The zero-order valence-electron chi connectivity index (χ0n) is 8.67. The van der Waals surface area contributed by atoms with Crippen molar-refractivity contribution in [3.8, 4) is 0 Å². The second-order valence-corrected chi connectivity index (χ2v) is 3.91. The molecular formula is C11H11N3O2. The fraction of sp³-hybridized carbons (Fsp3) is 0.364. The highest BCUT2D eigenvalue weighted by atomic mass is 16.5. The fourth-order valence-corrected chi connectivity index (χ4v) is 1.90. The first kappa shape index (κ1) is 9.47. The molecule has 16 heavy (non-hydrogen) atoms. The number of carbonyl (C=O) groups excluding carboxylic acids is 1. The standard InChI is InChI=1S/C11H11N3O2/c15-6-8-1-2-10-12-11(13-14(10)5-8)9-3-4-16-7-9/h1-2,5-6,9H,3-4,7H2. The average molecular weight is 217 g/mol. The summed E-state index contributed by atoms with van der Waals surface area (Å²) in [6.07, 6.45) is 3.46. The second-order valence-electron chi connectivity index (χ2n) is 3.91. The molecule has 3 heterocycles. The Morgan fingerprint density at radius 3 is 3.19 bits per heavy atom. The minimum absolute atomic E-state index is 0.291. The van der Waals surface area contributed by atoms with Crippen LogP contribution < -0.4 is 0 Å². The summed E-state index contributed by atoms with van der Waals surface area (Å²) < 4.78 is 6.96. The number of hydrogen-bond acceptors (Lipinski definition) is 4. The van der Waals surface area contributed by atoms with Gasteiger partial charge in [0.1, 0.15) is 0 Å². The molecule has 0 saturated carbocycles. The van der Waals surface area contributed by atoms with Crippen molar-refractivity contribution in [1.82, 2.24) is 14.6 Å². The van der Waals surface area contributed by atoms with Crippen LogP contribution in [0.25, 0.3) is 5.65 Å². The normalized spacial score (nSPS) is 20.4. The number of pyridine rings is 1. The van der Waals surface area contributed by atoms with Crippen LogP contribution in [0, 0.1) is 0 Å². The predicted molar refractivity (Wildman–Crippen MR) is 56.6 cm³/mol. The molecule has 2 aromatic rings. The van der Waals surface area contributed by atoms with Gasteiger partial charge >= 0.3 is 0 Å². The van der Waals surface area contributed by atoms with E-state index in [2.05, 4.69) is 10.1 Å². The van der Waals surface area contributed by atoms with E-state index in [1.54, 1.807) is 22.8 Å². The third kappa shape index (κ3) is 1.49. The third-order valence-corrected chi connectivity index (χ3v) is 2.80. The van der Waals surface area contributed by atoms with Crippen molar-refractivity contribution in [2.24, 2.45) is 0 Å². The molecule has 1 aliphatic heterocycles. The molecule has 5 nitrogen and oxygen atoms in total. The molecule has 1 atom stereocenters. The van der Waals surface area contributed by atoms with Crippen molar-refractivity contribution in [1.29, 1.82) is 0 Å². The highest BCUT2D eigenvalue weighted by Gasteiger charge is 2.22. The average Bonchev–Trinajstić information content (AvgIpc) is 2.96. The third-order valence-electron chi connectivity index (χ3n) is 2.80. The first-order valence-corrected chi connectivity index (χ1v) is 5.26. The van der Waals surface area contributed by atoms with Crippen LogP contribution in [-0.4, -0.2) is 34.1 Å². The Bertz CT molecular complexity index is 529. The summed E-state index contributed by atoms with van der Waals surface area (Å²) in [6, 6.07) is 3.54. The van der Waals surface area contributed by atoms with Crippen molar-refractivity contribution in [2.45, 2.75) is 12.3 Å². The van der Waals surface area contributed by atoms with Crippen LogP contribution >= 0.6 is 0 Å². The van der Waals surface area contributed by atoms with Gasteiger partial charge in [0.15, 0.2) is 17.8 Å². The largest absolute Gasteiger partial charge is 0.381 e. The van der Waals surface area contributed by atoms with E-state index in [0.29, 0.717) is 18.1 Å². The van der Waals surface area contributed by atoms with Gasteiger partial charge in [-0.15, -0.1) is 0 Å². The van der Waals surface area contributed by atoms with E-state index >= 15 is 0 Å². The maximum absolute atomic E-state index is 10.6. The summed E-state index contributed by atoms with van der Waals surface area (Å²) in [5.74, 6) is 1.10. The smallest absolute Gasteiger partial charge is 0.157 e. The van der Waals surface area contributed by atoms with Gasteiger partial charge in [0.25, 0.3) is 0 Å². The molecule has 0 aliphatic carbocycles. The molecule has 0 amide bonds. The van der Waals surface area contributed by atoms with Crippen molar-refractivity contribution < 1.29 is 9.53 Å². The van der Waals surface area contributed by atoms with E-state index in [9.17, 15) is 4.79 Å². The zero-order valence-corrected chi connectivity index (χ0v) is 8.67. The molecule has 1 aliphatic rings. The number of aromatic nitrogens is 3. The van der Waals surface area contributed by atoms with Crippen LogP contribution in [0.1, 0.15) is 28.5 Å². The van der Waals surface area contributed by atoms with E-state index in [1.807, 2.05) is 0 Å². The zero-order chi connectivity index (χ0) is 11.0. The Hall–Kier alpha value is -1.75. The molecule has 0 aromatic carbocycles. The molecule has 1 fully saturated rings. The lowest BCUT2D eigenvalue weighted by Gasteiger charge is -1.98. The Morgan fingerprint density at radius 1 is 1.50 bits per heavy atom. The van der Waals surface area contributed by atoms with Gasteiger partial charge in [0.05, 0.1) is 6.61 Å². The van der Waals surface area contributed by atoms with Crippen molar-refractivity contribution in [3.05, 3.63) is 29.7 Å². The summed E-state index contributed by atoms with van der Waals surface area (Å²) in [5, 5.41) is 4.37. The number of fused-ring (bicyclic) bond motifs is 1. The first-order valence-electron chi connectivity index (χ1n) is 5.26. The van der Waals surface area contributed by atoms with Gasteiger partial charge in [0.2, 0.25) is 0 Å². The summed E-state index contributed by atoms with van der Waals surface area (Å²) in [6.45, 7) is 1.47. The Kier molecular flexibility index (Phi) is 2.18. The number of hydrogen-bond donors (Lipinski definition) is 0. The van der Waals surface area contributed by atoms with E-state index in [4.69, 9.17) is 4.74 Å². The maximum Gasteiger partial charge on any atom is 0.157 e. The lowest BCUT2D eigenvalue weighted by atomic mass is 10.1. The van der Waals surface area contributed by atoms with Gasteiger partial charge in [-0.25, -0.2) is 9.50 Å². The summed E-state index contributed by atoms with van der Waals surface area (Å²) in [5.41, 5.74) is 1.37. The Morgan fingerprint density at radius 2 is 2.44 bits per heavy atom. The number of nitrogens with zero attached hydrogens (tertiary/aromatic N) is 3. The molecule has 5 heteroatoms. The van der Waals surface area contributed by atoms with Crippen LogP contribution in [0.2, 0.25) is 0 Å². The van der Waals surface area contributed by atoms with Crippen LogP contribution in [0.15, 0.2) is 18.3 Å². The Balaban J connectivity index is 2.04. The second kappa shape index (κ2) is 3.68. The lowest BCUT2D eigenvalue weighted by molar-refractivity contribution is 0.112. The molecule has 0 spiro atoms. The topological polar surface area (TPSA) is 56.5 Å². The SMILES string of the molecule is O=Cc1ccc2nc(C3CCOC3)nn2c1. The molecule has 1 saturated heterocycles. The predicted octanol–water partition coefficient (Wildman–Crippen LogP) is 1.05.